The Bertz CT molecular complexity index is 2100. The number of nitro benzene ring substituents is 1. The second kappa shape index (κ2) is 17.2. The van der Waals surface area contributed by atoms with Gasteiger partial charge in [-0.3, -0.25) is 19.7 Å². The number of fused-ring (bicyclic) bond motifs is 1. The summed E-state index contributed by atoms with van der Waals surface area (Å²) in [4.78, 5) is 38.8. The van der Waals surface area contributed by atoms with Gasteiger partial charge in [0.05, 0.1) is 22.6 Å². The summed E-state index contributed by atoms with van der Waals surface area (Å²) in [7, 11) is -4.23. The molecule has 2 amide bonds. The first-order chi connectivity index (χ1) is 27.6. The summed E-state index contributed by atoms with van der Waals surface area (Å²) in [6, 6.07) is 38.2. The van der Waals surface area contributed by atoms with E-state index in [-0.39, 0.29) is 49.0 Å². The van der Waals surface area contributed by atoms with E-state index in [0.29, 0.717) is 11.3 Å². The van der Waals surface area contributed by atoms with Crippen molar-refractivity contribution in [3.8, 4) is 23.0 Å². The van der Waals surface area contributed by atoms with E-state index < -0.39 is 53.7 Å². The monoisotopic (exact) mass is 811 g/mol. The third kappa shape index (κ3) is 9.21. The van der Waals surface area contributed by atoms with Crippen LogP contribution in [-0.4, -0.2) is 45.4 Å². The van der Waals surface area contributed by atoms with Crippen LogP contribution >= 0.6 is 19.8 Å². The lowest BCUT2D eigenvalue weighted by Gasteiger charge is -2.55. The number of hydrogen-bond acceptors (Lipinski definition) is 11. The molecule has 0 saturated carbocycles. The van der Waals surface area contributed by atoms with E-state index >= 15 is 0 Å². The number of ether oxygens (including phenoxy) is 2. The minimum absolute atomic E-state index is 0.103. The number of carbonyl (C=O) groups excluding carboxylic acids is 2. The van der Waals surface area contributed by atoms with Crippen LogP contribution in [0.15, 0.2) is 157 Å². The zero-order valence-corrected chi connectivity index (χ0v) is 31.7. The number of alkyl halides is 1. The average Bonchev–Trinajstić information content (AvgIpc) is 3.22. The van der Waals surface area contributed by atoms with Crippen molar-refractivity contribution in [2.24, 2.45) is 0 Å². The lowest BCUT2D eigenvalue weighted by molar-refractivity contribution is -0.384. The predicted octanol–water partition coefficient (Wildman–Crippen LogP) is 7.08. The van der Waals surface area contributed by atoms with Crippen LogP contribution in [0.25, 0.3) is 0 Å². The molecule has 2 aliphatic rings. The van der Waals surface area contributed by atoms with Gasteiger partial charge < -0.3 is 24.8 Å². The van der Waals surface area contributed by atoms with Gasteiger partial charge in [-0.25, -0.2) is 13.6 Å². The van der Waals surface area contributed by atoms with E-state index in [9.17, 15) is 24.8 Å². The number of para-hydroxylation sites is 4. The maximum atomic E-state index is 14.3. The Morgan fingerprint density at radius 2 is 1.28 bits per heavy atom. The fourth-order valence-corrected chi connectivity index (χ4v) is 8.60. The summed E-state index contributed by atoms with van der Waals surface area (Å²) in [6.45, 7) is -0.687. The van der Waals surface area contributed by atoms with Crippen molar-refractivity contribution in [3.63, 3.8) is 0 Å². The lowest BCUT2D eigenvalue weighted by atomic mass is 9.83. The van der Waals surface area contributed by atoms with Gasteiger partial charge in [0.2, 0.25) is 5.06 Å². The van der Waals surface area contributed by atoms with Gasteiger partial charge in [0, 0.05) is 25.2 Å². The van der Waals surface area contributed by atoms with Crippen molar-refractivity contribution >= 4 is 37.3 Å². The zero-order chi connectivity index (χ0) is 39.8. The van der Waals surface area contributed by atoms with Crippen molar-refractivity contribution in [1.82, 2.24) is 10.2 Å². The number of benzene rings is 5. The highest BCUT2D eigenvalue weighted by atomic mass is 35.5. The van der Waals surface area contributed by atoms with Gasteiger partial charge in [-0.2, -0.15) is 0 Å². The molecule has 2 saturated heterocycles. The standard InChI is InChI=1S/C41H35ClN3O11P/c42-41(56-57(53-32-15-7-2-8-16-32,54-33-17-9-3-10-18-33)55-34-19-11-4-12-20-34)26-25-35-37(43-36(46)28-51-31-13-5-1-6-14-31)39(47)44(35)38(41)40(48)52-27-29-21-23-30(24-22-29)45(49)50/h1-24,35,37H,25-28H2,(H-,43,46,48)/b40-38-/t35-,37+,41?/m1/s1. The summed E-state index contributed by atoms with van der Waals surface area (Å²) < 4.78 is 37.4. The summed E-state index contributed by atoms with van der Waals surface area (Å²) in [5.41, 5.74) is -0.116. The van der Waals surface area contributed by atoms with Gasteiger partial charge in [0.15, 0.2) is 23.9 Å². The Labute approximate surface area is 332 Å². The Balaban J connectivity index is 1.24. The fraction of sp³-hybridized carbons (Fsp3) is 0.171. The maximum Gasteiger partial charge on any atom is 0.719 e. The van der Waals surface area contributed by atoms with Crippen LogP contribution in [0, 0.1) is 10.1 Å². The van der Waals surface area contributed by atoms with Crippen molar-refractivity contribution in [2.45, 2.75) is 36.6 Å². The van der Waals surface area contributed by atoms with Crippen LogP contribution < -0.4 is 28.7 Å². The van der Waals surface area contributed by atoms with E-state index in [0.717, 1.165) is 4.90 Å². The number of amides is 2. The topological polar surface area (TPSA) is 171 Å². The molecule has 2 heterocycles. The van der Waals surface area contributed by atoms with Crippen molar-refractivity contribution in [2.75, 3.05) is 6.61 Å². The first-order valence-corrected chi connectivity index (χ1v) is 19.6. The molecule has 0 spiro atoms. The number of piperidine rings is 1. The number of carbonyl (C=O) groups is 2. The lowest BCUT2D eigenvalue weighted by Crippen LogP contribution is -2.74. The normalized spacial score (nSPS) is 19.6. The fourth-order valence-electron chi connectivity index (χ4n) is 6.18. The molecule has 0 aromatic heterocycles. The van der Waals surface area contributed by atoms with E-state index in [1.54, 1.807) is 115 Å². The second-order valence-corrected chi connectivity index (χ2v) is 15.0. The number of non-ortho nitro benzene ring substituents is 1. The first-order valence-electron chi connectivity index (χ1n) is 17.7. The third-order valence-electron chi connectivity index (χ3n) is 8.85. The van der Waals surface area contributed by atoms with Crippen molar-refractivity contribution in [3.05, 3.63) is 173 Å². The van der Waals surface area contributed by atoms with Gasteiger partial charge in [-0.15, -0.1) is 4.52 Å². The molecule has 292 valence electrons. The molecule has 0 radical (unpaired) electrons. The molecule has 0 aliphatic carbocycles. The van der Waals surface area contributed by atoms with Crippen LogP contribution in [0.2, 0.25) is 0 Å². The van der Waals surface area contributed by atoms with E-state index in [1.807, 2.05) is 6.07 Å². The van der Waals surface area contributed by atoms with Gasteiger partial charge in [-0.05, 0) is 60.5 Å². The predicted molar refractivity (Wildman–Crippen MR) is 206 cm³/mol. The van der Waals surface area contributed by atoms with Crippen LogP contribution in [0.1, 0.15) is 18.4 Å². The highest BCUT2D eigenvalue weighted by Gasteiger charge is 2.67. The Hall–Kier alpha value is -6.34. The first kappa shape index (κ1) is 38.9. The molecule has 2 fully saturated rings. The van der Waals surface area contributed by atoms with E-state index in [2.05, 4.69) is 5.32 Å². The number of nitro groups is 1. The molecular weight excluding hydrogens is 777 g/mol. The quantitative estimate of drug-likeness (QED) is 0.0270. The SMILES string of the molecule is O=C(COc1ccccc1)N[C@@H]1C(=O)N2/C(=C(/[O-])OCc3ccc([N+](=O)[O-])cc3)C(Cl)(O[P+](Oc3ccccc3)(Oc3ccccc3)Oc3ccccc3)CC[C@H]12. The minimum Gasteiger partial charge on any atom is -0.607 e. The van der Waals surface area contributed by atoms with Crippen LogP contribution in [-0.2, 0) is 25.5 Å². The third-order valence-corrected chi connectivity index (χ3v) is 11.2. The largest absolute Gasteiger partial charge is 0.719 e. The van der Waals surface area contributed by atoms with E-state index in [4.69, 9.17) is 39.2 Å². The molecule has 1 unspecified atom stereocenters. The molecular formula is C41H35ClN3O11P. The Morgan fingerprint density at radius 1 is 0.789 bits per heavy atom. The Kier molecular flexibility index (Phi) is 11.7. The highest BCUT2D eigenvalue weighted by Crippen LogP contribution is 2.67. The van der Waals surface area contributed by atoms with Gasteiger partial charge in [0.25, 0.3) is 17.5 Å². The number of nitrogens with zero attached hydrogens (tertiary/aromatic N) is 2. The Morgan fingerprint density at radius 3 is 1.77 bits per heavy atom. The average molecular weight is 812 g/mol. The number of nitrogens with one attached hydrogen (secondary N) is 1. The molecule has 16 heteroatoms. The summed E-state index contributed by atoms with van der Waals surface area (Å²) in [5, 5.41) is 26.1. The minimum atomic E-state index is -4.23. The van der Waals surface area contributed by atoms with E-state index in [1.165, 1.54) is 24.3 Å². The summed E-state index contributed by atoms with van der Waals surface area (Å²) in [5.74, 6) is -0.895. The van der Waals surface area contributed by atoms with Crippen molar-refractivity contribution < 1.29 is 47.2 Å². The maximum absolute atomic E-state index is 14.3. The smallest absolute Gasteiger partial charge is 0.607 e. The molecule has 7 rings (SSSR count). The number of β-lactam (4-membered cyclic amide) rings is 1. The molecule has 3 atom stereocenters. The molecule has 5 aromatic rings. The molecule has 57 heavy (non-hydrogen) atoms. The van der Waals surface area contributed by atoms with Crippen LogP contribution in [0.3, 0.4) is 0 Å². The van der Waals surface area contributed by atoms with Gasteiger partial charge in [0.1, 0.15) is 11.8 Å². The highest BCUT2D eigenvalue weighted by molar-refractivity contribution is 7.57. The van der Waals surface area contributed by atoms with Crippen LogP contribution in [0.4, 0.5) is 5.69 Å². The van der Waals surface area contributed by atoms with Crippen LogP contribution in [0.5, 0.6) is 23.0 Å². The molecule has 14 nitrogen and oxygen atoms in total. The number of hydrogen-bond donors (Lipinski definition) is 1. The molecule has 2 aliphatic heterocycles. The van der Waals surface area contributed by atoms with Gasteiger partial charge >= 0.3 is 8.17 Å². The number of halogens is 1. The molecule has 0 bridgehead atoms. The van der Waals surface area contributed by atoms with Gasteiger partial charge in [-0.1, -0.05) is 96.5 Å². The molecule has 5 aromatic carbocycles. The summed E-state index contributed by atoms with van der Waals surface area (Å²) in [6.07, 6.45) is 0.0505. The zero-order valence-electron chi connectivity index (χ0n) is 30.0. The second-order valence-electron chi connectivity index (χ2n) is 12.8. The molecule has 1 N–H and O–H groups in total. The number of rotatable bonds is 16. The summed E-state index contributed by atoms with van der Waals surface area (Å²) >= 11 is 7.44. The van der Waals surface area contributed by atoms with Crippen molar-refractivity contribution in [1.29, 1.82) is 0 Å².